The molecule has 0 N–H and O–H groups in total. The summed E-state index contributed by atoms with van der Waals surface area (Å²) in [5.41, 5.74) is 2.69. The standard InChI is InChI=1S/C14H21NO/c1-4-14-13(9-10-16-14)11-5-7-12(8-6-11)15(2)3/h5-8,13-14H,4,9-10H2,1-3H3/t13-,14-/m1/s1. The lowest BCUT2D eigenvalue weighted by molar-refractivity contribution is 0.101. The van der Waals surface area contributed by atoms with Gasteiger partial charge in [-0.1, -0.05) is 19.1 Å². The van der Waals surface area contributed by atoms with E-state index >= 15 is 0 Å². The smallest absolute Gasteiger partial charge is 0.0641 e. The Morgan fingerprint density at radius 2 is 1.94 bits per heavy atom. The monoisotopic (exact) mass is 219 g/mol. The van der Waals surface area contributed by atoms with Gasteiger partial charge in [0.1, 0.15) is 0 Å². The summed E-state index contributed by atoms with van der Waals surface area (Å²) in [6.07, 6.45) is 2.70. The molecule has 16 heavy (non-hydrogen) atoms. The molecule has 1 saturated heterocycles. The van der Waals surface area contributed by atoms with Gasteiger partial charge in [0.15, 0.2) is 0 Å². The predicted octanol–water partition coefficient (Wildman–Crippen LogP) is 3.04. The van der Waals surface area contributed by atoms with Gasteiger partial charge in [-0.3, -0.25) is 0 Å². The van der Waals surface area contributed by atoms with Crippen molar-refractivity contribution in [3.05, 3.63) is 29.8 Å². The molecule has 0 radical (unpaired) electrons. The van der Waals surface area contributed by atoms with Gasteiger partial charge < -0.3 is 9.64 Å². The van der Waals surface area contributed by atoms with Gasteiger partial charge in [-0.2, -0.15) is 0 Å². The number of ether oxygens (including phenoxy) is 1. The Hall–Kier alpha value is -1.02. The fourth-order valence-electron chi connectivity index (χ4n) is 2.45. The zero-order valence-corrected chi connectivity index (χ0v) is 10.4. The summed E-state index contributed by atoms with van der Waals surface area (Å²) < 4.78 is 5.74. The van der Waals surface area contributed by atoms with Crippen LogP contribution >= 0.6 is 0 Å². The van der Waals surface area contributed by atoms with Crippen LogP contribution in [0.1, 0.15) is 31.2 Å². The molecule has 1 aliphatic rings. The van der Waals surface area contributed by atoms with Crippen LogP contribution in [-0.2, 0) is 4.74 Å². The molecule has 0 aromatic heterocycles. The van der Waals surface area contributed by atoms with E-state index in [-0.39, 0.29) is 0 Å². The van der Waals surface area contributed by atoms with Crippen molar-refractivity contribution in [3.8, 4) is 0 Å². The van der Waals surface area contributed by atoms with Crippen LogP contribution in [0, 0.1) is 0 Å². The van der Waals surface area contributed by atoms with Crippen LogP contribution in [-0.4, -0.2) is 26.8 Å². The molecular formula is C14H21NO. The molecule has 2 rings (SSSR count). The summed E-state index contributed by atoms with van der Waals surface area (Å²) in [5.74, 6) is 0.598. The van der Waals surface area contributed by atoms with Gasteiger partial charge in [0.05, 0.1) is 6.10 Å². The summed E-state index contributed by atoms with van der Waals surface area (Å²) in [6, 6.07) is 8.88. The molecule has 1 aliphatic heterocycles. The van der Waals surface area contributed by atoms with Gasteiger partial charge in [-0.15, -0.1) is 0 Å². The quantitative estimate of drug-likeness (QED) is 0.774. The zero-order chi connectivity index (χ0) is 11.5. The van der Waals surface area contributed by atoms with Crippen molar-refractivity contribution in [1.29, 1.82) is 0 Å². The summed E-state index contributed by atoms with van der Waals surface area (Å²) in [4.78, 5) is 2.13. The van der Waals surface area contributed by atoms with Gasteiger partial charge in [-0.05, 0) is 30.5 Å². The summed E-state index contributed by atoms with van der Waals surface area (Å²) in [6.45, 7) is 3.12. The van der Waals surface area contributed by atoms with Gasteiger partial charge in [-0.25, -0.2) is 0 Å². The Morgan fingerprint density at radius 1 is 1.25 bits per heavy atom. The highest BCUT2D eigenvalue weighted by molar-refractivity contribution is 5.46. The Morgan fingerprint density at radius 3 is 2.50 bits per heavy atom. The largest absolute Gasteiger partial charge is 0.378 e. The predicted molar refractivity (Wildman–Crippen MR) is 68.2 cm³/mol. The van der Waals surface area contributed by atoms with Crippen molar-refractivity contribution >= 4 is 5.69 Å². The minimum absolute atomic E-state index is 0.421. The molecule has 2 heteroatoms. The van der Waals surface area contributed by atoms with E-state index in [1.54, 1.807) is 0 Å². The van der Waals surface area contributed by atoms with Crippen molar-refractivity contribution < 1.29 is 4.74 Å². The second-order valence-electron chi connectivity index (χ2n) is 4.70. The molecule has 2 nitrogen and oxygen atoms in total. The molecule has 2 atom stereocenters. The van der Waals surface area contributed by atoms with Crippen molar-refractivity contribution in [3.63, 3.8) is 0 Å². The number of anilines is 1. The van der Waals surface area contributed by atoms with Gasteiger partial charge in [0.25, 0.3) is 0 Å². The van der Waals surface area contributed by atoms with Crippen molar-refractivity contribution in [2.24, 2.45) is 0 Å². The maximum Gasteiger partial charge on any atom is 0.0641 e. The first-order valence-corrected chi connectivity index (χ1v) is 6.11. The van der Waals surface area contributed by atoms with Gasteiger partial charge >= 0.3 is 0 Å². The van der Waals surface area contributed by atoms with Crippen LogP contribution < -0.4 is 4.90 Å². The fraction of sp³-hybridized carbons (Fsp3) is 0.571. The summed E-state index contributed by atoms with van der Waals surface area (Å²) >= 11 is 0. The summed E-state index contributed by atoms with van der Waals surface area (Å²) in [7, 11) is 4.14. The number of hydrogen-bond acceptors (Lipinski definition) is 2. The van der Waals surface area contributed by atoms with E-state index < -0.39 is 0 Å². The number of benzene rings is 1. The number of rotatable bonds is 3. The minimum Gasteiger partial charge on any atom is -0.378 e. The molecule has 0 saturated carbocycles. The van der Waals surface area contributed by atoms with E-state index in [1.165, 1.54) is 17.7 Å². The Balaban J connectivity index is 2.15. The third kappa shape index (κ3) is 2.22. The lowest BCUT2D eigenvalue weighted by Gasteiger charge is -2.18. The van der Waals surface area contributed by atoms with Crippen LogP contribution in [0.5, 0.6) is 0 Å². The molecule has 0 spiro atoms. The lowest BCUT2D eigenvalue weighted by atomic mass is 9.91. The first-order valence-electron chi connectivity index (χ1n) is 6.11. The van der Waals surface area contributed by atoms with E-state index in [2.05, 4.69) is 50.2 Å². The maximum absolute atomic E-state index is 5.74. The Kier molecular flexibility index (Phi) is 3.49. The first kappa shape index (κ1) is 11.5. The molecule has 1 aromatic rings. The highest BCUT2D eigenvalue weighted by Gasteiger charge is 2.27. The van der Waals surface area contributed by atoms with Gasteiger partial charge in [0, 0.05) is 32.3 Å². The van der Waals surface area contributed by atoms with Crippen LogP contribution in [0.2, 0.25) is 0 Å². The van der Waals surface area contributed by atoms with E-state index in [0.717, 1.165) is 13.0 Å². The molecule has 0 aliphatic carbocycles. The normalized spacial score (nSPS) is 24.7. The van der Waals surface area contributed by atoms with Crippen LogP contribution in [0.3, 0.4) is 0 Å². The van der Waals surface area contributed by atoms with E-state index in [4.69, 9.17) is 4.74 Å². The second-order valence-corrected chi connectivity index (χ2v) is 4.70. The molecule has 1 aromatic carbocycles. The third-order valence-corrected chi connectivity index (χ3v) is 3.45. The van der Waals surface area contributed by atoms with Gasteiger partial charge in [0.2, 0.25) is 0 Å². The third-order valence-electron chi connectivity index (χ3n) is 3.45. The SMILES string of the molecule is CC[C@H]1OCC[C@@H]1c1ccc(N(C)C)cc1. The van der Waals surface area contributed by atoms with Crippen LogP contribution in [0.15, 0.2) is 24.3 Å². The highest BCUT2D eigenvalue weighted by Crippen LogP contribution is 2.33. The number of hydrogen-bond donors (Lipinski definition) is 0. The van der Waals surface area contributed by atoms with Crippen LogP contribution in [0.4, 0.5) is 5.69 Å². The van der Waals surface area contributed by atoms with Crippen molar-refractivity contribution in [2.75, 3.05) is 25.6 Å². The van der Waals surface area contributed by atoms with Crippen LogP contribution in [0.25, 0.3) is 0 Å². The zero-order valence-electron chi connectivity index (χ0n) is 10.4. The Bertz CT molecular complexity index is 331. The lowest BCUT2D eigenvalue weighted by Crippen LogP contribution is -2.13. The van der Waals surface area contributed by atoms with Crippen molar-refractivity contribution in [2.45, 2.75) is 31.8 Å². The van der Waals surface area contributed by atoms with E-state index in [1.807, 2.05) is 0 Å². The topological polar surface area (TPSA) is 12.5 Å². The molecular weight excluding hydrogens is 198 g/mol. The molecule has 88 valence electrons. The van der Waals surface area contributed by atoms with E-state index in [0.29, 0.717) is 12.0 Å². The molecule has 0 amide bonds. The first-order chi connectivity index (χ1) is 7.72. The fourth-order valence-corrected chi connectivity index (χ4v) is 2.45. The Labute approximate surface area is 98.2 Å². The summed E-state index contributed by atoms with van der Waals surface area (Å²) in [5, 5.41) is 0. The second kappa shape index (κ2) is 4.88. The van der Waals surface area contributed by atoms with Crippen molar-refractivity contribution in [1.82, 2.24) is 0 Å². The van der Waals surface area contributed by atoms with E-state index in [9.17, 15) is 0 Å². The minimum atomic E-state index is 0.421. The maximum atomic E-state index is 5.74. The molecule has 1 heterocycles. The highest BCUT2D eigenvalue weighted by atomic mass is 16.5. The molecule has 0 unspecified atom stereocenters. The number of nitrogens with zero attached hydrogens (tertiary/aromatic N) is 1. The average molecular weight is 219 g/mol. The molecule has 0 bridgehead atoms. The average Bonchev–Trinajstić information content (AvgIpc) is 2.77. The molecule has 1 fully saturated rings.